The fourth-order valence-electron chi connectivity index (χ4n) is 5.87. The van der Waals surface area contributed by atoms with E-state index in [0.717, 1.165) is 28.3 Å². The number of halogens is 3. The van der Waals surface area contributed by atoms with Crippen LogP contribution in [0.5, 0.6) is 0 Å². The van der Waals surface area contributed by atoms with Crippen molar-refractivity contribution < 1.29 is 13.2 Å². The fourth-order valence-corrected chi connectivity index (χ4v) is 6.95. The highest BCUT2D eigenvalue weighted by atomic mass is 32.2. The van der Waals surface area contributed by atoms with Crippen molar-refractivity contribution in [1.29, 1.82) is 0 Å². The summed E-state index contributed by atoms with van der Waals surface area (Å²) in [5.41, 5.74) is 11.1. The minimum absolute atomic E-state index is 0.132. The summed E-state index contributed by atoms with van der Waals surface area (Å²) in [5, 5.41) is 0. The van der Waals surface area contributed by atoms with Gasteiger partial charge in [-0.05, 0) is 105 Å². The van der Waals surface area contributed by atoms with Crippen LogP contribution < -0.4 is 4.90 Å². The van der Waals surface area contributed by atoms with Gasteiger partial charge in [0.25, 0.3) is 0 Å². The average molecular weight is 559 g/mol. The molecule has 0 spiro atoms. The zero-order valence-corrected chi connectivity index (χ0v) is 24.3. The van der Waals surface area contributed by atoms with Crippen LogP contribution in [0.25, 0.3) is 5.57 Å². The Morgan fingerprint density at radius 2 is 1.57 bits per heavy atom. The molecule has 6 rings (SSSR count). The van der Waals surface area contributed by atoms with Crippen molar-refractivity contribution >= 4 is 23.0 Å². The molecule has 0 N–H and O–H groups in total. The molecule has 0 bridgehead atoms. The van der Waals surface area contributed by atoms with E-state index in [9.17, 15) is 13.2 Å². The number of anilines is 1. The maximum absolute atomic E-state index is 13.8. The van der Waals surface area contributed by atoms with Gasteiger partial charge in [0.05, 0.1) is 16.9 Å². The molecule has 1 unspecified atom stereocenters. The van der Waals surface area contributed by atoms with E-state index in [1.165, 1.54) is 56.7 Å². The number of hydrogen-bond donors (Lipinski definition) is 0. The number of thioether (sulfide) groups is 1. The molecule has 0 fully saturated rings. The molecule has 3 aromatic carbocycles. The first kappa shape index (κ1) is 27.0. The molecule has 6 heteroatoms. The van der Waals surface area contributed by atoms with Crippen molar-refractivity contribution in [2.45, 2.75) is 50.7 Å². The van der Waals surface area contributed by atoms with Crippen LogP contribution in [0.1, 0.15) is 52.3 Å². The Bertz CT molecular complexity index is 1560. The van der Waals surface area contributed by atoms with Crippen LogP contribution in [-0.4, -0.2) is 31.6 Å². The maximum Gasteiger partial charge on any atom is 0.416 e. The zero-order valence-electron chi connectivity index (χ0n) is 23.5. The molecular weight excluding hydrogens is 525 g/mol. The Labute approximate surface area is 238 Å². The SMILES string of the molecule is Cc1ccc2c(c1)Cc1cc(C)ccc1C2=C1C=C2C(=CC1)Sc1ccc(C(F)(F)F)cc1N2CC(C)N(C)C. The maximum atomic E-state index is 13.8. The third-order valence-corrected chi connectivity index (χ3v) is 9.41. The van der Waals surface area contributed by atoms with E-state index in [1.54, 1.807) is 17.8 Å². The van der Waals surface area contributed by atoms with Crippen molar-refractivity contribution in [2.75, 3.05) is 25.5 Å². The lowest BCUT2D eigenvalue weighted by Gasteiger charge is -2.39. The molecule has 0 saturated carbocycles. The molecule has 40 heavy (non-hydrogen) atoms. The number of benzene rings is 3. The summed E-state index contributed by atoms with van der Waals surface area (Å²) in [7, 11) is 4.02. The van der Waals surface area contributed by atoms with Gasteiger partial charge in [-0.1, -0.05) is 65.4 Å². The van der Waals surface area contributed by atoms with E-state index in [4.69, 9.17) is 0 Å². The second kappa shape index (κ2) is 10.0. The van der Waals surface area contributed by atoms with E-state index in [-0.39, 0.29) is 6.04 Å². The predicted octanol–water partition coefficient (Wildman–Crippen LogP) is 8.76. The van der Waals surface area contributed by atoms with E-state index < -0.39 is 11.7 Å². The van der Waals surface area contributed by atoms with Crippen LogP contribution in [-0.2, 0) is 12.6 Å². The molecule has 3 aliphatic rings. The molecule has 0 aromatic heterocycles. The number of likely N-dealkylation sites (N-methyl/N-ethyl adjacent to an activating group) is 1. The molecular formula is C34H33F3N2S. The molecule has 3 aromatic rings. The molecule has 2 aliphatic carbocycles. The summed E-state index contributed by atoms with van der Waals surface area (Å²) in [6.07, 6.45) is 1.77. The summed E-state index contributed by atoms with van der Waals surface area (Å²) in [6.45, 7) is 6.96. The molecule has 1 atom stereocenters. The molecule has 0 radical (unpaired) electrons. The third-order valence-electron chi connectivity index (χ3n) is 8.25. The van der Waals surface area contributed by atoms with Gasteiger partial charge in [0, 0.05) is 22.4 Å². The van der Waals surface area contributed by atoms with Gasteiger partial charge >= 0.3 is 6.18 Å². The smallest absolute Gasteiger partial charge is 0.338 e. The summed E-state index contributed by atoms with van der Waals surface area (Å²) < 4.78 is 41.4. The Morgan fingerprint density at radius 1 is 0.925 bits per heavy atom. The first-order valence-electron chi connectivity index (χ1n) is 13.7. The third kappa shape index (κ3) is 4.82. The minimum Gasteiger partial charge on any atom is -0.338 e. The Kier molecular flexibility index (Phi) is 6.75. The van der Waals surface area contributed by atoms with Crippen molar-refractivity contribution in [1.82, 2.24) is 4.90 Å². The minimum atomic E-state index is -4.39. The summed E-state index contributed by atoms with van der Waals surface area (Å²) >= 11 is 1.57. The van der Waals surface area contributed by atoms with E-state index >= 15 is 0 Å². The first-order valence-corrected chi connectivity index (χ1v) is 14.5. The van der Waals surface area contributed by atoms with Gasteiger partial charge < -0.3 is 9.80 Å². The van der Waals surface area contributed by atoms with Gasteiger partial charge in [0.2, 0.25) is 0 Å². The second-order valence-corrected chi connectivity index (χ2v) is 12.5. The average Bonchev–Trinajstić information content (AvgIpc) is 2.90. The number of hydrogen-bond acceptors (Lipinski definition) is 3. The lowest BCUT2D eigenvalue weighted by atomic mass is 9.78. The number of rotatable bonds is 3. The lowest BCUT2D eigenvalue weighted by molar-refractivity contribution is -0.137. The van der Waals surface area contributed by atoms with E-state index in [1.807, 2.05) is 14.1 Å². The van der Waals surface area contributed by atoms with Crippen LogP contribution in [0.2, 0.25) is 0 Å². The molecule has 1 heterocycles. The number of allylic oxidation sites excluding steroid dienone is 3. The van der Waals surface area contributed by atoms with Gasteiger partial charge in [0.1, 0.15) is 0 Å². The molecule has 0 amide bonds. The van der Waals surface area contributed by atoms with Gasteiger partial charge in [-0.25, -0.2) is 0 Å². The molecule has 0 saturated heterocycles. The highest BCUT2D eigenvalue weighted by Crippen LogP contribution is 2.51. The highest BCUT2D eigenvalue weighted by Gasteiger charge is 2.35. The summed E-state index contributed by atoms with van der Waals surface area (Å²) in [6, 6.07) is 17.7. The number of nitrogens with zero attached hydrogens (tertiary/aromatic N) is 2. The largest absolute Gasteiger partial charge is 0.416 e. The Morgan fingerprint density at radius 3 is 2.17 bits per heavy atom. The molecule has 1 aliphatic heterocycles. The lowest BCUT2D eigenvalue weighted by Crippen LogP contribution is -2.40. The fraction of sp³-hybridized carbons (Fsp3) is 0.294. The van der Waals surface area contributed by atoms with Gasteiger partial charge in [0.15, 0.2) is 0 Å². The van der Waals surface area contributed by atoms with Crippen LogP contribution in [0.4, 0.5) is 18.9 Å². The second-order valence-electron chi connectivity index (χ2n) is 11.4. The van der Waals surface area contributed by atoms with E-state index in [0.29, 0.717) is 12.2 Å². The van der Waals surface area contributed by atoms with Crippen molar-refractivity contribution in [3.8, 4) is 0 Å². The van der Waals surface area contributed by atoms with Gasteiger partial charge in [-0.15, -0.1) is 0 Å². The Hall–Kier alpha value is -3.22. The van der Waals surface area contributed by atoms with Gasteiger partial charge in [-0.2, -0.15) is 13.2 Å². The topological polar surface area (TPSA) is 6.48 Å². The van der Waals surface area contributed by atoms with Gasteiger partial charge in [-0.3, -0.25) is 0 Å². The Balaban J connectivity index is 1.55. The van der Waals surface area contributed by atoms with Crippen LogP contribution in [0.3, 0.4) is 0 Å². The number of fused-ring (bicyclic) bond motifs is 4. The van der Waals surface area contributed by atoms with Crippen LogP contribution in [0, 0.1) is 13.8 Å². The standard InChI is InChI=1S/C34H33F3N2S/c1-20-6-10-27-24(14-20)16-25-15-21(2)7-11-28(25)33(27)23-8-12-31-29(17-23)39(19-22(3)38(4)5)30-18-26(34(35,36)37)9-13-32(30)40-31/h6-7,9-15,17-18,22H,8,16,19H2,1-5H3. The number of aryl methyl sites for hydroxylation is 2. The van der Waals surface area contributed by atoms with E-state index in [2.05, 4.69) is 79.1 Å². The monoisotopic (exact) mass is 558 g/mol. The first-order chi connectivity index (χ1) is 19.0. The zero-order chi connectivity index (χ0) is 28.3. The quantitative estimate of drug-likeness (QED) is 0.248. The normalized spacial score (nSPS) is 17.1. The van der Waals surface area contributed by atoms with Crippen molar-refractivity contribution in [3.05, 3.63) is 122 Å². The van der Waals surface area contributed by atoms with Crippen molar-refractivity contribution in [2.24, 2.45) is 0 Å². The molecule has 206 valence electrons. The van der Waals surface area contributed by atoms with Crippen LogP contribution >= 0.6 is 11.8 Å². The van der Waals surface area contributed by atoms with Crippen molar-refractivity contribution in [3.63, 3.8) is 0 Å². The number of alkyl halides is 3. The predicted molar refractivity (Wildman–Crippen MR) is 160 cm³/mol. The summed E-state index contributed by atoms with van der Waals surface area (Å²) in [5.74, 6) is 0. The highest BCUT2D eigenvalue weighted by molar-refractivity contribution is 8.03. The summed E-state index contributed by atoms with van der Waals surface area (Å²) in [4.78, 5) is 6.18. The van der Waals surface area contributed by atoms with Crippen LogP contribution in [0.15, 0.2) is 87.8 Å². The molecule has 2 nitrogen and oxygen atoms in total.